The lowest BCUT2D eigenvalue weighted by Crippen LogP contribution is -1.97. The molecular formula is C16H16FN5O2S. The minimum Gasteiger partial charge on any atom is -0.439 e. The molecule has 0 N–H and O–H groups in total. The van der Waals surface area contributed by atoms with Gasteiger partial charge in [0.25, 0.3) is 0 Å². The van der Waals surface area contributed by atoms with Gasteiger partial charge in [-0.05, 0) is 49.6 Å². The number of benzene rings is 1. The molecule has 0 aliphatic rings. The Morgan fingerprint density at radius 1 is 1.24 bits per heavy atom. The molecule has 0 amide bonds. The number of halogens is 1. The predicted octanol–water partition coefficient (Wildman–Crippen LogP) is 3.37. The Kier molecular flexibility index (Phi) is 5.03. The molecule has 2 aromatic heterocycles. The summed E-state index contributed by atoms with van der Waals surface area (Å²) in [4.78, 5) is 6.22. The fourth-order valence-corrected chi connectivity index (χ4v) is 2.65. The summed E-state index contributed by atoms with van der Waals surface area (Å²) in [7, 11) is 1.76. The van der Waals surface area contributed by atoms with E-state index in [-0.39, 0.29) is 5.82 Å². The van der Waals surface area contributed by atoms with Crippen LogP contribution in [-0.2, 0) is 18.5 Å². The lowest BCUT2D eigenvalue weighted by atomic mass is 10.3. The Balaban J connectivity index is 1.73. The largest absolute Gasteiger partial charge is 0.439 e. The van der Waals surface area contributed by atoms with E-state index in [9.17, 15) is 4.39 Å². The fraction of sp³-hybridized carbons (Fsp3) is 0.250. The summed E-state index contributed by atoms with van der Waals surface area (Å²) >= 11 is 1.28. The fourth-order valence-electron chi connectivity index (χ4n) is 2.11. The summed E-state index contributed by atoms with van der Waals surface area (Å²) < 4.78 is 24.3. The summed E-state index contributed by atoms with van der Waals surface area (Å²) in [6.07, 6.45) is 1.55. The van der Waals surface area contributed by atoms with E-state index < -0.39 is 0 Å². The van der Waals surface area contributed by atoms with Crippen molar-refractivity contribution in [2.75, 3.05) is 0 Å². The maximum absolute atomic E-state index is 13.0. The van der Waals surface area contributed by atoms with E-state index in [0.717, 1.165) is 16.3 Å². The van der Waals surface area contributed by atoms with Crippen LogP contribution in [0, 0.1) is 19.7 Å². The van der Waals surface area contributed by atoms with Crippen molar-refractivity contribution in [3.63, 3.8) is 0 Å². The first kappa shape index (κ1) is 17.0. The van der Waals surface area contributed by atoms with Gasteiger partial charge in [-0.25, -0.2) is 9.07 Å². The summed E-state index contributed by atoms with van der Waals surface area (Å²) in [5.74, 6) is 0.676. The molecule has 0 aliphatic heterocycles. The van der Waals surface area contributed by atoms with Crippen molar-refractivity contribution in [2.24, 2.45) is 12.2 Å². The molecule has 0 saturated carbocycles. The molecule has 3 aromatic rings. The molecule has 0 unspecified atom stereocenters. The number of rotatable bonds is 6. The molecule has 0 spiro atoms. The van der Waals surface area contributed by atoms with Crippen molar-refractivity contribution < 1.29 is 14.0 Å². The van der Waals surface area contributed by atoms with Crippen molar-refractivity contribution in [2.45, 2.75) is 20.5 Å². The number of aromatic nitrogens is 4. The third-order valence-electron chi connectivity index (χ3n) is 3.44. The van der Waals surface area contributed by atoms with Crippen LogP contribution in [0.1, 0.15) is 21.8 Å². The van der Waals surface area contributed by atoms with Gasteiger partial charge in [0.15, 0.2) is 6.61 Å². The maximum Gasteiger partial charge on any atom is 0.226 e. The van der Waals surface area contributed by atoms with Crippen molar-refractivity contribution in [1.29, 1.82) is 0 Å². The first-order valence-corrected chi connectivity index (χ1v) is 8.22. The van der Waals surface area contributed by atoms with Gasteiger partial charge >= 0.3 is 0 Å². The van der Waals surface area contributed by atoms with Crippen LogP contribution < -0.4 is 4.74 Å². The van der Waals surface area contributed by atoms with Crippen molar-refractivity contribution in [1.82, 2.24) is 19.4 Å². The second kappa shape index (κ2) is 7.39. The summed E-state index contributed by atoms with van der Waals surface area (Å²) in [5.41, 5.74) is 2.26. The van der Waals surface area contributed by atoms with Gasteiger partial charge in [0, 0.05) is 7.05 Å². The molecule has 0 atom stereocenters. The minimum absolute atomic E-state index is 0.299. The second-order valence-corrected chi connectivity index (χ2v) is 6.11. The van der Waals surface area contributed by atoms with E-state index in [1.807, 2.05) is 13.8 Å². The van der Waals surface area contributed by atoms with Crippen LogP contribution in [0.5, 0.6) is 11.6 Å². The van der Waals surface area contributed by atoms with Crippen molar-refractivity contribution >= 4 is 17.7 Å². The highest BCUT2D eigenvalue weighted by Gasteiger charge is 2.14. The second-order valence-electron chi connectivity index (χ2n) is 5.27. The quantitative estimate of drug-likeness (QED) is 0.497. The Hall–Kier alpha value is -2.81. The van der Waals surface area contributed by atoms with Crippen LogP contribution in [-0.4, -0.2) is 25.6 Å². The minimum atomic E-state index is -0.323. The Bertz CT molecular complexity index is 889. The van der Waals surface area contributed by atoms with Gasteiger partial charge in [0.1, 0.15) is 11.6 Å². The standard InChI is InChI=1S/C16H16FN5O2S/c1-10-14(8-18-23-9-15-11(2)19-21-25-15)16(22(3)20-10)24-13-6-4-12(17)5-7-13/h4-8H,9H2,1-3H3/b18-8+. The number of ether oxygens (including phenoxy) is 1. The predicted molar refractivity (Wildman–Crippen MR) is 91.4 cm³/mol. The van der Waals surface area contributed by atoms with Crippen LogP contribution in [0.25, 0.3) is 0 Å². The zero-order valence-corrected chi connectivity index (χ0v) is 14.7. The summed E-state index contributed by atoms with van der Waals surface area (Å²) in [5, 5.41) is 12.2. The molecule has 0 aliphatic carbocycles. The molecule has 9 heteroatoms. The van der Waals surface area contributed by atoms with E-state index >= 15 is 0 Å². The molecule has 1 aromatic carbocycles. The normalized spacial score (nSPS) is 11.2. The average Bonchev–Trinajstić information content (AvgIpc) is 3.10. The van der Waals surface area contributed by atoms with E-state index in [1.54, 1.807) is 30.1 Å². The zero-order valence-electron chi connectivity index (χ0n) is 13.9. The van der Waals surface area contributed by atoms with Gasteiger partial charge < -0.3 is 9.57 Å². The van der Waals surface area contributed by atoms with Gasteiger partial charge in [-0.15, -0.1) is 5.10 Å². The molecule has 3 rings (SSSR count). The van der Waals surface area contributed by atoms with Crippen molar-refractivity contribution in [3.8, 4) is 11.6 Å². The number of hydrogen-bond donors (Lipinski definition) is 0. The molecule has 2 heterocycles. The monoisotopic (exact) mass is 361 g/mol. The average molecular weight is 361 g/mol. The Morgan fingerprint density at radius 2 is 2.00 bits per heavy atom. The molecule has 0 bridgehead atoms. The SMILES string of the molecule is Cc1nnsc1CO/N=C/c1c(C)nn(C)c1Oc1ccc(F)cc1. The van der Waals surface area contributed by atoms with Gasteiger partial charge in [-0.1, -0.05) is 9.64 Å². The van der Waals surface area contributed by atoms with E-state index in [0.29, 0.717) is 23.8 Å². The van der Waals surface area contributed by atoms with Gasteiger partial charge in [-0.3, -0.25) is 0 Å². The van der Waals surface area contributed by atoms with Crippen LogP contribution in [0.4, 0.5) is 4.39 Å². The first-order valence-electron chi connectivity index (χ1n) is 7.45. The van der Waals surface area contributed by atoms with Crippen LogP contribution >= 0.6 is 11.5 Å². The Labute approximate surface area is 147 Å². The highest BCUT2D eigenvalue weighted by Crippen LogP contribution is 2.26. The third-order valence-corrected chi connectivity index (χ3v) is 4.24. The van der Waals surface area contributed by atoms with Crippen LogP contribution in [0.3, 0.4) is 0 Å². The van der Waals surface area contributed by atoms with E-state index in [1.165, 1.54) is 23.7 Å². The maximum atomic E-state index is 13.0. The zero-order chi connectivity index (χ0) is 17.8. The van der Waals surface area contributed by atoms with Crippen LogP contribution in [0.15, 0.2) is 29.4 Å². The number of oxime groups is 1. The summed E-state index contributed by atoms with van der Waals surface area (Å²) in [6, 6.07) is 5.77. The van der Waals surface area contributed by atoms with Gasteiger partial charge in [0.05, 0.1) is 28.0 Å². The Morgan fingerprint density at radius 3 is 2.68 bits per heavy atom. The lowest BCUT2D eigenvalue weighted by Gasteiger charge is -2.06. The highest BCUT2D eigenvalue weighted by atomic mass is 32.1. The first-order chi connectivity index (χ1) is 12.0. The smallest absolute Gasteiger partial charge is 0.226 e. The lowest BCUT2D eigenvalue weighted by molar-refractivity contribution is 0.134. The van der Waals surface area contributed by atoms with Gasteiger partial charge in [-0.2, -0.15) is 5.10 Å². The molecule has 0 radical (unpaired) electrons. The molecule has 25 heavy (non-hydrogen) atoms. The third kappa shape index (κ3) is 4.00. The van der Waals surface area contributed by atoms with Gasteiger partial charge in [0.2, 0.25) is 5.88 Å². The number of nitrogens with zero attached hydrogens (tertiary/aromatic N) is 5. The van der Waals surface area contributed by atoms with Crippen molar-refractivity contribution in [3.05, 3.63) is 51.9 Å². The topological polar surface area (TPSA) is 74.4 Å². The van der Waals surface area contributed by atoms with E-state index in [4.69, 9.17) is 9.57 Å². The van der Waals surface area contributed by atoms with E-state index in [2.05, 4.69) is 19.8 Å². The number of hydrogen-bond acceptors (Lipinski definition) is 7. The molecule has 130 valence electrons. The molecule has 0 saturated heterocycles. The summed E-state index contributed by atoms with van der Waals surface area (Å²) in [6.45, 7) is 4.01. The molecule has 7 nitrogen and oxygen atoms in total. The highest BCUT2D eigenvalue weighted by molar-refractivity contribution is 7.05. The molecule has 0 fully saturated rings. The number of aryl methyl sites for hydroxylation is 3. The molecular weight excluding hydrogens is 345 g/mol. The van der Waals surface area contributed by atoms with Crippen LogP contribution in [0.2, 0.25) is 0 Å².